The van der Waals surface area contributed by atoms with Gasteiger partial charge in [-0.25, -0.2) is 8.78 Å². The minimum absolute atomic E-state index is 0.239. The van der Waals surface area contributed by atoms with Crippen molar-refractivity contribution in [2.75, 3.05) is 0 Å². The van der Waals surface area contributed by atoms with E-state index in [2.05, 4.69) is 0 Å². The molecule has 0 saturated heterocycles. The van der Waals surface area contributed by atoms with E-state index in [1.54, 1.807) is 25.1 Å². The molecular weight excluding hydrogens is 232 g/mol. The van der Waals surface area contributed by atoms with E-state index >= 15 is 0 Å². The van der Waals surface area contributed by atoms with Crippen LogP contribution in [-0.4, -0.2) is 0 Å². The lowest BCUT2D eigenvalue weighted by molar-refractivity contribution is 0.613. The Balaban J connectivity index is 2.16. The summed E-state index contributed by atoms with van der Waals surface area (Å²) in [4.78, 5) is 0. The van der Waals surface area contributed by atoms with Crippen LogP contribution in [0.4, 0.5) is 8.78 Å². The maximum atomic E-state index is 13.2. The average Bonchev–Trinajstić information content (AvgIpc) is 2.32. The second-order valence-corrected chi connectivity index (χ2v) is 4.45. The number of hydrogen-bond donors (Lipinski definition) is 1. The van der Waals surface area contributed by atoms with Crippen molar-refractivity contribution >= 4 is 0 Å². The summed E-state index contributed by atoms with van der Waals surface area (Å²) in [5, 5.41) is 0. The molecule has 18 heavy (non-hydrogen) atoms. The first-order valence-corrected chi connectivity index (χ1v) is 5.82. The zero-order chi connectivity index (χ0) is 13.1. The van der Waals surface area contributed by atoms with Crippen LogP contribution in [0, 0.1) is 18.6 Å². The van der Waals surface area contributed by atoms with Crippen LogP contribution in [0.15, 0.2) is 42.5 Å². The fraction of sp³-hybridized carbons (Fsp3) is 0.200. The average molecular weight is 247 g/mol. The smallest absolute Gasteiger partial charge is 0.126 e. The standard InChI is InChI=1S/C15H15F2N/c1-10-7-12(5-6-14(10)17)15(18)9-11-3-2-4-13(16)8-11/h2-8,15H,9,18H2,1H3. The summed E-state index contributed by atoms with van der Waals surface area (Å²) in [6.45, 7) is 1.70. The number of aryl methyl sites for hydroxylation is 1. The molecule has 2 aromatic rings. The quantitative estimate of drug-likeness (QED) is 0.882. The second kappa shape index (κ2) is 5.27. The molecule has 2 N–H and O–H groups in total. The highest BCUT2D eigenvalue weighted by molar-refractivity contribution is 5.28. The van der Waals surface area contributed by atoms with Crippen molar-refractivity contribution in [1.82, 2.24) is 0 Å². The van der Waals surface area contributed by atoms with Gasteiger partial charge in [-0.1, -0.05) is 24.3 Å². The predicted octanol–water partition coefficient (Wildman–Crippen LogP) is 3.52. The first-order chi connectivity index (χ1) is 8.56. The normalized spacial score (nSPS) is 12.4. The maximum absolute atomic E-state index is 13.2. The lowest BCUT2D eigenvalue weighted by Gasteiger charge is -2.13. The number of nitrogens with two attached hydrogens (primary N) is 1. The second-order valence-electron chi connectivity index (χ2n) is 4.45. The Morgan fingerprint density at radius 1 is 1.11 bits per heavy atom. The van der Waals surface area contributed by atoms with Gasteiger partial charge in [0.25, 0.3) is 0 Å². The molecule has 0 radical (unpaired) electrons. The zero-order valence-corrected chi connectivity index (χ0v) is 10.2. The monoisotopic (exact) mass is 247 g/mol. The number of benzene rings is 2. The summed E-state index contributed by atoms with van der Waals surface area (Å²) >= 11 is 0. The van der Waals surface area contributed by atoms with Gasteiger partial charge in [-0.2, -0.15) is 0 Å². The van der Waals surface area contributed by atoms with Crippen LogP contribution in [0.1, 0.15) is 22.7 Å². The van der Waals surface area contributed by atoms with E-state index in [9.17, 15) is 8.78 Å². The van der Waals surface area contributed by atoms with Gasteiger partial charge in [-0.3, -0.25) is 0 Å². The highest BCUT2D eigenvalue weighted by atomic mass is 19.1. The molecule has 0 heterocycles. The molecule has 0 aliphatic heterocycles. The van der Waals surface area contributed by atoms with Crippen LogP contribution < -0.4 is 5.73 Å². The molecule has 0 aliphatic rings. The fourth-order valence-electron chi connectivity index (χ4n) is 1.93. The molecule has 0 bridgehead atoms. The zero-order valence-electron chi connectivity index (χ0n) is 10.2. The van der Waals surface area contributed by atoms with Gasteiger partial charge in [0, 0.05) is 6.04 Å². The molecule has 0 aliphatic carbocycles. The minimum atomic E-state index is -0.269. The lowest BCUT2D eigenvalue weighted by Crippen LogP contribution is -2.13. The molecule has 0 amide bonds. The Morgan fingerprint density at radius 2 is 1.89 bits per heavy atom. The van der Waals surface area contributed by atoms with E-state index in [0.717, 1.165) is 11.1 Å². The summed E-state index contributed by atoms with van der Waals surface area (Å²) in [6.07, 6.45) is 0.531. The van der Waals surface area contributed by atoms with E-state index in [4.69, 9.17) is 5.73 Å². The predicted molar refractivity (Wildman–Crippen MR) is 68.2 cm³/mol. The van der Waals surface area contributed by atoms with E-state index in [1.165, 1.54) is 18.2 Å². The SMILES string of the molecule is Cc1cc(C(N)Cc2cccc(F)c2)ccc1F. The summed E-state index contributed by atoms with van der Waals surface area (Å²) < 4.78 is 26.2. The third kappa shape index (κ3) is 2.93. The van der Waals surface area contributed by atoms with Gasteiger partial charge in [0.2, 0.25) is 0 Å². The van der Waals surface area contributed by atoms with Crippen LogP contribution in [0.3, 0.4) is 0 Å². The molecule has 0 saturated carbocycles. The number of rotatable bonds is 3. The van der Waals surface area contributed by atoms with Crippen molar-refractivity contribution < 1.29 is 8.78 Å². The molecule has 3 heteroatoms. The van der Waals surface area contributed by atoms with Crippen molar-refractivity contribution in [2.45, 2.75) is 19.4 Å². The summed E-state index contributed by atoms with van der Waals surface area (Å²) in [6, 6.07) is 10.9. The molecule has 0 aromatic heterocycles. The first kappa shape index (κ1) is 12.7. The van der Waals surface area contributed by atoms with Crippen LogP contribution in [0.5, 0.6) is 0 Å². The van der Waals surface area contributed by atoms with Crippen LogP contribution in [0.25, 0.3) is 0 Å². The number of halogens is 2. The van der Waals surface area contributed by atoms with Gasteiger partial charge in [-0.05, 0) is 48.2 Å². The Morgan fingerprint density at radius 3 is 2.56 bits per heavy atom. The topological polar surface area (TPSA) is 26.0 Å². The Kier molecular flexibility index (Phi) is 3.72. The lowest BCUT2D eigenvalue weighted by atomic mass is 9.98. The van der Waals surface area contributed by atoms with Crippen molar-refractivity contribution in [1.29, 1.82) is 0 Å². The molecule has 1 nitrogen and oxygen atoms in total. The van der Waals surface area contributed by atoms with Crippen LogP contribution in [0.2, 0.25) is 0 Å². The summed E-state index contributed by atoms with van der Waals surface area (Å²) in [5.74, 6) is -0.508. The molecule has 1 atom stereocenters. The van der Waals surface area contributed by atoms with Gasteiger partial charge in [-0.15, -0.1) is 0 Å². The largest absolute Gasteiger partial charge is 0.324 e. The summed E-state index contributed by atoms with van der Waals surface area (Å²) in [5.41, 5.74) is 8.32. The molecule has 0 fully saturated rings. The number of hydrogen-bond acceptors (Lipinski definition) is 1. The molecular formula is C15H15F2N. The third-order valence-electron chi connectivity index (χ3n) is 2.95. The van der Waals surface area contributed by atoms with Gasteiger partial charge in [0.15, 0.2) is 0 Å². The highest BCUT2D eigenvalue weighted by Crippen LogP contribution is 2.19. The fourth-order valence-corrected chi connectivity index (χ4v) is 1.93. The van der Waals surface area contributed by atoms with E-state index in [0.29, 0.717) is 12.0 Å². The molecule has 1 unspecified atom stereocenters. The van der Waals surface area contributed by atoms with Gasteiger partial charge in [0.1, 0.15) is 11.6 Å². The third-order valence-corrected chi connectivity index (χ3v) is 2.95. The highest BCUT2D eigenvalue weighted by Gasteiger charge is 2.09. The van der Waals surface area contributed by atoms with Gasteiger partial charge in [0.05, 0.1) is 0 Å². The van der Waals surface area contributed by atoms with E-state index in [-0.39, 0.29) is 17.7 Å². The van der Waals surface area contributed by atoms with Crippen molar-refractivity contribution in [3.63, 3.8) is 0 Å². The van der Waals surface area contributed by atoms with Gasteiger partial charge < -0.3 is 5.73 Å². The molecule has 2 rings (SSSR count). The maximum Gasteiger partial charge on any atom is 0.126 e. The van der Waals surface area contributed by atoms with Crippen molar-refractivity contribution in [3.05, 3.63) is 70.8 Å². The minimum Gasteiger partial charge on any atom is -0.324 e. The Labute approximate surface area is 105 Å². The molecule has 0 spiro atoms. The summed E-state index contributed by atoms with van der Waals surface area (Å²) in [7, 11) is 0. The Hall–Kier alpha value is -1.74. The first-order valence-electron chi connectivity index (χ1n) is 5.82. The van der Waals surface area contributed by atoms with Crippen molar-refractivity contribution in [3.8, 4) is 0 Å². The van der Waals surface area contributed by atoms with Crippen LogP contribution >= 0.6 is 0 Å². The van der Waals surface area contributed by atoms with Crippen LogP contribution in [-0.2, 0) is 6.42 Å². The molecule has 2 aromatic carbocycles. The van der Waals surface area contributed by atoms with E-state index < -0.39 is 0 Å². The van der Waals surface area contributed by atoms with Gasteiger partial charge >= 0.3 is 0 Å². The van der Waals surface area contributed by atoms with Crippen molar-refractivity contribution in [2.24, 2.45) is 5.73 Å². The Bertz CT molecular complexity index is 552. The molecule has 94 valence electrons. The van der Waals surface area contributed by atoms with E-state index in [1.807, 2.05) is 6.07 Å².